The van der Waals surface area contributed by atoms with Crippen LogP contribution in [0, 0.1) is 0 Å². The van der Waals surface area contributed by atoms with Gasteiger partial charge in [0.1, 0.15) is 0 Å². The number of hydrogen-bond acceptors (Lipinski definition) is 1. The zero-order valence-electron chi connectivity index (χ0n) is 11.4. The molecule has 0 aliphatic heterocycles. The van der Waals surface area contributed by atoms with Crippen LogP contribution in [0.5, 0.6) is 0 Å². The second-order valence-electron chi connectivity index (χ2n) is 4.69. The third-order valence-corrected chi connectivity index (χ3v) is 3.76. The summed E-state index contributed by atoms with van der Waals surface area (Å²) in [4.78, 5) is 4.44. The molecular weight excluding hydrogens is 322 g/mol. The molecule has 1 aromatic heterocycles. The van der Waals surface area contributed by atoms with Crippen LogP contribution < -0.4 is 0 Å². The van der Waals surface area contributed by atoms with Gasteiger partial charge in [0.2, 0.25) is 0 Å². The third kappa shape index (κ3) is 3.47. The minimum atomic E-state index is 0.994. The van der Waals surface area contributed by atoms with E-state index in [2.05, 4.69) is 57.3 Å². The van der Waals surface area contributed by atoms with Gasteiger partial charge in [-0.15, -0.1) is 0 Å². The summed E-state index contributed by atoms with van der Waals surface area (Å²) in [5.41, 5.74) is 4.48. The van der Waals surface area contributed by atoms with Crippen LogP contribution in [0.2, 0.25) is 0 Å². The van der Waals surface area contributed by atoms with Crippen molar-refractivity contribution in [2.24, 2.45) is 0 Å². The number of pyridine rings is 1. The lowest BCUT2D eigenvalue weighted by Gasteiger charge is -2.05. The zero-order valence-corrected chi connectivity index (χ0v) is 13.0. The van der Waals surface area contributed by atoms with E-state index in [1.54, 1.807) is 0 Å². The fourth-order valence-electron chi connectivity index (χ4n) is 2.16. The fourth-order valence-corrected chi connectivity index (χ4v) is 2.42. The van der Waals surface area contributed by atoms with Gasteiger partial charge < -0.3 is 0 Å². The van der Waals surface area contributed by atoms with Gasteiger partial charge in [0.25, 0.3) is 0 Å². The van der Waals surface area contributed by atoms with Gasteiger partial charge in [-0.05, 0) is 35.4 Å². The Bertz CT molecular complexity index is 746. The van der Waals surface area contributed by atoms with Crippen LogP contribution in [0.1, 0.15) is 11.1 Å². The number of aromatic nitrogens is 1. The number of halogens is 1. The molecule has 21 heavy (non-hydrogen) atoms. The minimum Gasteiger partial charge on any atom is -0.256 e. The lowest BCUT2D eigenvalue weighted by molar-refractivity contribution is 1.32. The number of rotatable bonds is 3. The first-order valence-electron chi connectivity index (χ1n) is 6.77. The molecule has 3 rings (SSSR count). The molecule has 0 radical (unpaired) electrons. The van der Waals surface area contributed by atoms with Gasteiger partial charge in [0, 0.05) is 16.2 Å². The average molecular weight is 336 g/mol. The quantitative estimate of drug-likeness (QED) is 0.561. The first-order valence-corrected chi connectivity index (χ1v) is 7.56. The van der Waals surface area contributed by atoms with E-state index in [1.807, 2.05) is 48.7 Å². The molecule has 0 bridgehead atoms. The number of benzene rings is 2. The highest BCUT2D eigenvalue weighted by atomic mass is 79.9. The molecule has 1 heterocycles. The predicted molar refractivity (Wildman–Crippen MR) is 92.7 cm³/mol. The largest absolute Gasteiger partial charge is 0.256 e. The van der Waals surface area contributed by atoms with Crippen molar-refractivity contribution in [3.8, 4) is 11.3 Å². The third-order valence-electron chi connectivity index (χ3n) is 3.23. The molecule has 0 N–H and O–H groups in total. The fraction of sp³-hybridized carbons (Fsp3) is 0. The molecule has 102 valence electrons. The van der Waals surface area contributed by atoms with Crippen LogP contribution in [0.25, 0.3) is 23.4 Å². The lowest BCUT2D eigenvalue weighted by Crippen LogP contribution is -1.85. The highest BCUT2D eigenvalue weighted by Crippen LogP contribution is 2.23. The van der Waals surface area contributed by atoms with Gasteiger partial charge in [-0.3, -0.25) is 4.98 Å². The molecule has 0 aliphatic rings. The Hall–Kier alpha value is -2.19. The molecule has 0 amide bonds. The van der Waals surface area contributed by atoms with E-state index < -0.39 is 0 Å². The van der Waals surface area contributed by atoms with Gasteiger partial charge in [0.15, 0.2) is 0 Å². The van der Waals surface area contributed by atoms with Crippen molar-refractivity contribution in [3.05, 3.63) is 88.5 Å². The lowest BCUT2D eigenvalue weighted by atomic mass is 10.0. The monoisotopic (exact) mass is 335 g/mol. The molecule has 0 atom stereocenters. The van der Waals surface area contributed by atoms with Crippen LogP contribution >= 0.6 is 15.9 Å². The van der Waals surface area contributed by atoms with Crippen LogP contribution in [-0.2, 0) is 0 Å². The van der Waals surface area contributed by atoms with Crippen LogP contribution in [0.15, 0.2) is 77.4 Å². The molecule has 0 fully saturated rings. The molecule has 0 saturated carbocycles. The van der Waals surface area contributed by atoms with Crippen molar-refractivity contribution >= 4 is 28.1 Å². The molecule has 0 aliphatic carbocycles. The Labute approximate surface area is 133 Å². The Morgan fingerprint density at radius 3 is 2.29 bits per heavy atom. The van der Waals surface area contributed by atoms with Crippen molar-refractivity contribution in [2.75, 3.05) is 0 Å². The predicted octanol–water partition coefficient (Wildman–Crippen LogP) is 5.68. The van der Waals surface area contributed by atoms with E-state index in [9.17, 15) is 0 Å². The van der Waals surface area contributed by atoms with E-state index in [0.717, 1.165) is 15.7 Å². The molecule has 0 saturated heterocycles. The van der Waals surface area contributed by atoms with Gasteiger partial charge >= 0.3 is 0 Å². The summed E-state index contributed by atoms with van der Waals surface area (Å²) >= 11 is 3.45. The summed E-state index contributed by atoms with van der Waals surface area (Å²) in [6, 6.07) is 22.5. The summed E-state index contributed by atoms with van der Waals surface area (Å²) in [6.07, 6.45) is 6.08. The van der Waals surface area contributed by atoms with E-state index in [0.29, 0.717) is 0 Å². The molecule has 2 aromatic carbocycles. The molecule has 2 heteroatoms. The van der Waals surface area contributed by atoms with E-state index >= 15 is 0 Å². The SMILES string of the molecule is Brc1ccc(/C=C/c2ccccc2-c2ccccn2)cc1. The van der Waals surface area contributed by atoms with E-state index in [4.69, 9.17) is 0 Å². The maximum absolute atomic E-state index is 4.44. The molecule has 1 nitrogen and oxygen atoms in total. The molecule has 0 spiro atoms. The summed E-state index contributed by atoms with van der Waals surface area (Å²) in [6.45, 7) is 0. The smallest absolute Gasteiger partial charge is 0.0707 e. The van der Waals surface area contributed by atoms with Gasteiger partial charge in [0.05, 0.1) is 5.69 Å². The summed E-state index contributed by atoms with van der Waals surface area (Å²) in [5.74, 6) is 0. The van der Waals surface area contributed by atoms with Crippen LogP contribution in [0.3, 0.4) is 0 Å². The number of hydrogen-bond donors (Lipinski definition) is 0. The van der Waals surface area contributed by atoms with E-state index in [1.165, 1.54) is 11.1 Å². The second-order valence-corrected chi connectivity index (χ2v) is 5.60. The standard InChI is InChI=1S/C19H14BrN/c20-17-12-9-15(10-13-17)8-11-16-5-1-2-6-18(16)19-7-3-4-14-21-19/h1-14H/b11-8+. The molecular formula is C19H14BrN. The van der Waals surface area contributed by atoms with Gasteiger partial charge in [-0.1, -0.05) is 70.5 Å². The summed E-state index contributed by atoms with van der Waals surface area (Å²) in [7, 11) is 0. The maximum atomic E-state index is 4.44. The highest BCUT2D eigenvalue weighted by molar-refractivity contribution is 9.10. The molecule has 3 aromatic rings. The van der Waals surface area contributed by atoms with Gasteiger partial charge in [-0.2, -0.15) is 0 Å². The first kappa shape index (κ1) is 13.8. The van der Waals surface area contributed by atoms with Gasteiger partial charge in [-0.25, -0.2) is 0 Å². The highest BCUT2D eigenvalue weighted by Gasteiger charge is 2.02. The van der Waals surface area contributed by atoms with Crippen molar-refractivity contribution in [3.63, 3.8) is 0 Å². The second kappa shape index (κ2) is 6.51. The maximum Gasteiger partial charge on any atom is 0.0707 e. The van der Waals surface area contributed by atoms with Crippen molar-refractivity contribution < 1.29 is 0 Å². The topological polar surface area (TPSA) is 12.9 Å². The Balaban J connectivity index is 1.94. The Morgan fingerprint density at radius 2 is 1.52 bits per heavy atom. The van der Waals surface area contributed by atoms with Crippen molar-refractivity contribution in [1.29, 1.82) is 0 Å². The first-order chi connectivity index (χ1) is 10.3. The molecule has 0 unspecified atom stereocenters. The normalized spacial score (nSPS) is 10.9. The Kier molecular flexibility index (Phi) is 4.27. The minimum absolute atomic E-state index is 0.994. The average Bonchev–Trinajstić information content (AvgIpc) is 2.55. The summed E-state index contributed by atoms with van der Waals surface area (Å²) < 4.78 is 1.09. The van der Waals surface area contributed by atoms with Crippen LogP contribution in [-0.4, -0.2) is 4.98 Å². The number of nitrogens with zero attached hydrogens (tertiary/aromatic N) is 1. The van der Waals surface area contributed by atoms with Crippen molar-refractivity contribution in [1.82, 2.24) is 4.98 Å². The summed E-state index contributed by atoms with van der Waals surface area (Å²) in [5, 5.41) is 0. The zero-order chi connectivity index (χ0) is 14.5. The van der Waals surface area contributed by atoms with Crippen molar-refractivity contribution in [2.45, 2.75) is 0 Å². The van der Waals surface area contributed by atoms with Crippen LogP contribution in [0.4, 0.5) is 0 Å². The Morgan fingerprint density at radius 1 is 0.762 bits per heavy atom. The van der Waals surface area contributed by atoms with E-state index in [-0.39, 0.29) is 0 Å².